The number of phosphoric ester groups is 1. The van der Waals surface area contributed by atoms with E-state index >= 15 is 0 Å². The van der Waals surface area contributed by atoms with Gasteiger partial charge in [0.15, 0.2) is 0 Å². The fraction of sp³-hybridized carbons (Fsp3) is 0. The van der Waals surface area contributed by atoms with Crippen LogP contribution >= 0.6 is 7.82 Å². The second-order valence-corrected chi connectivity index (χ2v) is 9.41. The number of phosphoric acid groups is 1. The van der Waals surface area contributed by atoms with E-state index in [9.17, 15) is 18.2 Å². The van der Waals surface area contributed by atoms with E-state index in [1.165, 1.54) is 36.4 Å². The van der Waals surface area contributed by atoms with Crippen LogP contribution in [0.5, 0.6) is 23.0 Å². The summed E-state index contributed by atoms with van der Waals surface area (Å²) in [6.45, 7) is 0. The molecular formula is C28H16F2NaO6P. The molecule has 0 spiro atoms. The van der Waals surface area contributed by atoms with E-state index in [2.05, 4.69) is 0 Å². The van der Waals surface area contributed by atoms with Gasteiger partial charge in [0.1, 0.15) is 46.2 Å². The van der Waals surface area contributed by atoms with E-state index in [0.29, 0.717) is 0 Å². The summed E-state index contributed by atoms with van der Waals surface area (Å²) in [6, 6.07) is 21.6. The van der Waals surface area contributed by atoms with Crippen LogP contribution in [0.1, 0.15) is 22.3 Å². The molecule has 38 heavy (non-hydrogen) atoms. The molecule has 6 nitrogen and oxygen atoms in total. The molecule has 2 heterocycles. The van der Waals surface area contributed by atoms with Crippen LogP contribution in [0.15, 0.2) is 84.9 Å². The van der Waals surface area contributed by atoms with Crippen LogP contribution in [0.3, 0.4) is 0 Å². The number of fused-ring (bicyclic) bond motifs is 4. The molecule has 2 aliphatic rings. The Kier molecular flexibility index (Phi) is 7.18. The number of hydrogen-bond acceptors (Lipinski definition) is 6. The minimum Gasteiger partial charge on any atom is -0.736 e. The molecule has 4 aromatic carbocycles. The zero-order chi connectivity index (χ0) is 25.6. The van der Waals surface area contributed by atoms with Crippen LogP contribution < -0.4 is 43.9 Å². The largest absolute Gasteiger partial charge is 1.00 e. The number of para-hydroxylation sites is 2. The third kappa shape index (κ3) is 5.01. The Morgan fingerprint density at radius 3 is 1.45 bits per heavy atom. The molecule has 0 aliphatic carbocycles. The van der Waals surface area contributed by atoms with Crippen molar-refractivity contribution in [2.24, 2.45) is 0 Å². The van der Waals surface area contributed by atoms with Gasteiger partial charge in [-0.3, -0.25) is 0 Å². The van der Waals surface area contributed by atoms with Gasteiger partial charge in [-0.1, -0.05) is 36.4 Å². The smallest absolute Gasteiger partial charge is 0.736 e. The molecule has 0 radical (unpaired) electrons. The second kappa shape index (κ2) is 10.4. The Morgan fingerprint density at radius 1 is 0.605 bits per heavy atom. The Balaban J connectivity index is 0.00000294. The molecule has 0 saturated heterocycles. The van der Waals surface area contributed by atoms with Crippen molar-refractivity contribution in [2.75, 3.05) is 0 Å². The van der Waals surface area contributed by atoms with Crippen molar-refractivity contribution in [3.05, 3.63) is 119 Å². The molecule has 0 saturated carbocycles. The van der Waals surface area contributed by atoms with Crippen LogP contribution in [0.2, 0.25) is 0 Å². The van der Waals surface area contributed by atoms with Gasteiger partial charge >= 0.3 is 37.4 Å². The van der Waals surface area contributed by atoms with Gasteiger partial charge in [-0.2, -0.15) is 0 Å². The van der Waals surface area contributed by atoms with E-state index in [0.717, 1.165) is 0 Å². The number of benzene rings is 4. The third-order valence-electron chi connectivity index (χ3n) is 5.74. The Labute approximate surface area is 238 Å². The van der Waals surface area contributed by atoms with Crippen LogP contribution in [0.4, 0.5) is 8.78 Å². The van der Waals surface area contributed by atoms with Crippen molar-refractivity contribution in [3.8, 4) is 23.0 Å². The maximum absolute atomic E-state index is 14.6. The molecule has 2 aliphatic heterocycles. The van der Waals surface area contributed by atoms with E-state index in [4.69, 9.17) is 18.5 Å². The molecule has 4 aromatic rings. The second-order valence-electron chi connectivity index (χ2n) is 8.15. The molecule has 0 N–H and O–H groups in total. The first-order valence-corrected chi connectivity index (χ1v) is 12.6. The average molecular weight is 540 g/mol. The van der Waals surface area contributed by atoms with Gasteiger partial charge in [-0.05, 0) is 60.7 Å². The molecule has 0 bridgehead atoms. The minimum absolute atomic E-state index is 0. The monoisotopic (exact) mass is 540 g/mol. The zero-order valence-corrected chi connectivity index (χ0v) is 22.8. The Hall–Kier alpha value is -3.39. The van der Waals surface area contributed by atoms with E-state index in [1.807, 2.05) is 0 Å². The number of rotatable bonds is 4. The van der Waals surface area contributed by atoms with Gasteiger partial charge in [0.25, 0.3) is 0 Å². The maximum atomic E-state index is 14.6. The molecule has 0 amide bonds. The summed E-state index contributed by atoms with van der Waals surface area (Å²) in [7, 11) is -5.18. The van der Waals surface area contributed by atoms with Gasteiger partial charge < -0.3 is 23.4 Å². The first-order chi connectivity index (χ1) is 17.9. The number of hydrogen-bond donors (Lipinski definition) is 0. The summed E-state index contributed by atoms with van der Waals surface area (Å²) in [5.74, 6) is -0.751. The van der Waals surface area contributed by atoms with Gasteiger partial charge in [0.2, 0.25) is 0 Å². The molecular weight excluding hydrogens is 524 g/mol. The summed E-state index contributed by atoms with van der Waals surface area (Å²) >= 11 is 0. The van der Waals surface area contributed by atoms with Crippen molar-refractivity contribution < 1.29 is 66.3 Å². The van der Waals surface area contributed by atoms with Gasteiger partial charge in [-0.25, -0.2) is 13.3 Å². The van der Waals surface area contributed by atoms with E-state index < -0.39 is 19.5 Å². The zero-order valence-electron chi connectivity index (χ0n) is 19.9. The van der Waals surface area contributed by atoms with Gasteiger partial charge in [0.05, 0.1) is 22.3 Å². The molecule has 0 unspecified atom stereocenters. The standard InChI is InChI=1S/C28H17F2O6P.Na/c29-21-9-5-13-25-19(21)15-27(17-7-1-3-11-23(17)33-25)35-37(31,32)36-28-16-20-22(30)10-6-14-26(20)34-24-12-4-2-8-18(24)28;/h1-16H,(H,31,32);/q;+1/p-1. The predicted octanol–water partition coefficient (Wildman–Crippen LogP) is 4.38. The minimum atomic E-state index is -5.18. The number of halogens is 2. The fourth-order valence-electron chi connectivity index (χ4n) is 4.08. The summed E-state index contributed by atoms with van der Waals surface area (Å²) in [6.07, 6.45) is 2.47. The van der Waals surface area contributed by atoms with Crippen molar-refractivity contribution in [2.45, 2.75) is 0 Å². The van der Waals surface area contributed by atoms with Crippen molar-refractivity contribution in [1.82, 2.24) is 0 Å². The first-order valence-electron chi connectivity index (χ1n) is 11.1. The Bertz CT molecular complexity index is 1550. The normalized spacial score (nSPS) is 13.2. The topological polar surface area (TPSA) is 77.1 Å². The summed E-state index contributed by atoms with van der Waals surface area (Å²) in [4.78, 5) is 13.2. The molecule has 10 heteroatoms. The van der Waals surface area contributed by atoms with Gasteiger partial charge in [-0.15, -0.1) is 0 Å². The van der Waals surface area contributed by atoms with Crippen molar-refractivity contribution in [1.29, 1.82) is 0 Å². The van der Waals surface area contributed by atoms with Gasteiger partial charge in [0, 0.05) is 0 Å². The summed E-state index contributed by atoms with van der Waals surface area (Å²) < 4.78 is 64.9. The van der Waals surface area contributed by atoms with E-state index in [-0.39, 0.29) is 86.3 Å². The predicted molar refractivity (Wildman–Crippen MR) is 131 cm³/mol. The fourth-order valence-corrected chi connectivity index (χ4v) is 4.90. The van der Waals surface area contributed by atoms with Crippen molar-refractivity contribution in [3.63, 3.8) is 0 Å². The molecule has 0 atom stereocenters. The van der Waals surface area contributed by atoms with Crippen LogP contribution in [0, 0.1) is 11.6 Å². The molecule has 0 aromatic heterocycles. The van der Waals surface area contributed by atoms with Crippen LogP contribution in [-0.2, 0) is 13.6 Å². The molecule has 184 valence electrons. The molecule has 0 fully saturated rings. The number of ether oxygens (including phenoxy) is 2. The third-order valence-corrected chi connectivity index (χ3v) is 6.58. The first kappa shape index (κ1) is 26.2. The quantitative estimate of drug-likeness (QED) is 0.283. The maximum Gasteiger partial charge on any atom is 1.00 e. The SMILES string of the molecule is O=P([O-])(OC1=Cc2c(F)cccc2Oc2ccccc21)OC1=Cc2c(F)cccc2Oc2ccccc21.[Na+]. The summed E-state index contributed by atoms with van der Waals surface area (Å²) in [5, 5.41) is 0. The average Bonchev–Trinajstić information content (AvgIpc) is 3.13. The van der Waals surface area contributed by atoms with E-state index in [1.54, 1.807) is 60.7 Å². The van der Waals surface area contributed by atoms with Crippen LogP contribution in [0.25, 0.3) is 23.7 Å². The Morgan fingerprint density at radius 2 is 1.00 bits per heavy atom. The summed E-state index contributed by atoms with van der Waals surface area (Å²) in [5.41, 5.74) is 0.565. The van der Waals surface area contributed by atoms with Crippen LogP contribution in [-0.4, -0.2) is 0 Å². The van der Waals surface area contributed by atoms with Crippen molar-refractivity contribution >= 4 is 31.5 Å². The molecule has 6 rings (SSSR count).